The fourth-order valence-corrected chi connectivity index (χ4v) is 4.01. The Hall–Kier alpha value is -0.260. The van der Waals surface area contributed by atoms with Gasteiger partial charge in [0.2, 0.25) is 5.91 Å². The number of likely N-dealkylation sites (tertiary alicyclic amines) is 2. The highest BCUT2D eigenvalue weighted by Gasteiger charge is 2.32. The van der Waals surface area contributed by atoms with Gasteiger partial charge in [-0.1, -0.05) is 0 Å². The molecule has 2 saturated heterocycles. The molecule has 0 spiro atoms. The van der Waals surface area contributed by atoms with Crippen molar-refractivity contribution in [2.45, 2.75) is 57.2 Å². The van der Waals surface area contributed by atoms with Crippen LogP contribution in [0.2, 0.25) is 0 Å². The van der Waals surface area contributed by atoms with Crippen molar-refractivity contribution in [3.8, 4) is 0 Å². The van der Waals surface area contributed by atoms with Crippen molar-refractivity contribution in [2.75, 3.05) is 31.6 Å². The second-order valence-corrected chi connectivity index (χ2v) is 7.16. The summed E-state index contributed by atoms with van der Waals surface area (Å²) in [6, 6.07) is 1.11. The third-order valence-corrected chi connectivity index (χ3v) is 5.44. The van der Waals surface area contributed by atoms with Gasteiger partial charge in [-0.05, 0) is 57.6 Å². The van der Waals surface area contributed by atoms with E-state index in [0.29, 0.717) is 6.04 Å². The van der Waals surface area contributed by atoms with Gasteiger partial charge in [0, 0.05) is 25.2 Å². The molecule has 2 N–H and O–H groups in total. The van der Waals surface area contributed by atoms with E-state index in [4.69, 9.17) is 5.73 Å². The Labute approximate surface area is 127 Å². The Morgan fingerprint density at radius 2 is 2.00 bits per heavy atom. The zero-order valence-electron chi connectivity index (χ0n) is 12.9. The van der Waals surface area contributed by atoms with E-state index < -0.39 is 0 Å². The van der Waals surface area contributed by atoms with Crippen LogP contribution < -0.4 is 5.73 Å². The van der Waals surface area contributed by atoms with Crippen LogP contribution in [0, 0.1) is 0 Å². The number of amides is 1. The standard InChI is InChI=1S/C15H29N3OS/c1-12-4-3-8-18(12)13-5-9-17(10-6-13)15(19)14(16)7-11-20-2/h12-14H,3-11,16H2,1-2H3. The molecule has 2 atom stereocenters. The van der Waals surface area contributed by atoms with E-state index in [2.05, 4.69) is 18.1 Å². The molecule has 0 aliphatic carbocycles. The minimum absolute atomic E-state index is 0.159. The van der Waals surface area contributed by atoms with E-state index >= 15 is 0 Å². The van der Waals surface area contributed by atoms with Crippen molar-refractivity contribution in [1.29, 1.82) is 0 Å². The third kappa shape index (κ3) is 3.89. The number of rotatable bonds is 5. The third-order valence-electron chi connectivity index (χ3n) is 4.80. The Bertz CT molecular complexity index is 318. The monoisotopic (exact) mass is 299 g/mol. The average molecular weight is 299 g/mol. The minimum atomic E-state index is -0.301. The van der Waals surface area contributed by atoms with Gasteiger partial charge < -0.3 is 10.6 Å². The Balaban J connectivity index is 1.77. The summed E-state index contributed by atoms with van der Waals surface area (Å²) >= 11 is 1.75. The van der Waals surface area contributed by atoms with E-state index in [9.17, 15) is 4.79 Å². The first-order valence-corrected chi connectivity index (χ1v) is 9.32. The summed E-state index contributed by atoms with van der Waals surface area (Å²) in [4.78, 5) is 16.9. The summed E-state index contributed by atoms with van der Waals surface area (Å²) in [6.45, 7) is 5.36. The van der Waals surface area contributed by atoms with Gasteiger partial charge in [0.25, 0.3) is 0 Å². The van der Waals surface area contributed by atoms with Crippen LogP contribution in [0.1, 0.15) is 39.0 Å². The van der Waals surface area contributed by atoms with Crippen LogP contribution in [0.3, 0.4) is 0 Å². The highest BCUT2D eigenvalue weighted by molar-refractivity contribution is 7.98. The van der Waals surface area contributed by atoms with Crippen LogP contribution in [0.25, 0.3) is 0 Å². The fraction of sp³-hybridized carbons (Fsp3) is 0.933. The molecule has 20 heavy (non-hydrogen) atoms. The molecule has 2 rings (SSSR count). The van der Waals surface area contributed by atoms with Crippen molar-refractivity contribution in [2.24, 2.45) is 5.73 Å². The van der Waals surface area contributed by atoms with E-state index in [1.54, 1.807) is 11.8 Å². The van der Waals surface area contributed by atoms with E-state index in [1.165, 1.54) is 19.4 Å². The lowest BCUT2D eigenvalue weighted by molar-refractivity contribution is -0.134. The summed E-state index contributed by atoms with van der Waals surface area (Å²) in [5.41, 5.74) is 6.00. The predicted octanol–water partition coefficient (Wildman–Crippen LogP) is 1.54. The number of nitrogens with zero attached hydrogens (tertiary/aromatic N) is 2. The zero-order valence-corrected chi connectivity index (χ0v) is 13.7. The van der Waals surface area contributed by atoms with Gasteiger partial charge in [0.15, 0.2) is 0 Å². The molecule has 5 heteroatoms. The van der Waals surface area contributed by atoms with Gasteiger partial charge in [-0.3, -0.25) is 9.69 Å². The highest BCUT2D eigenvalue weighted by atomic mass is 32.2. The molecular formula is C15H29N3OS. The van der Waals surface area contributed by atoms with Crippen LogP contribution >= 0.6 is 11.8 Å². The molecule has 2 aliphatic heterocycles. The van der Waals surface area contributed by atoms with Gasteiger partial charge in [-0.15, -0.1) is 0 Å². The molecule has 0 aromatic carbocycles. The lowest BCUT2D eigenvalue weighted by atomic mass is 10.0. The fourth-order valence-electron chi connectivity index (χ4n) is 3.52. The molecular weight excluding hydrogens is 270 g/mol. The number of thioether (sulfide) groups is 1. The number of carbonyl (C=O) groups is 1. The second-order valence-electron chi connectivity index (χ2n) is 6.17. The molecule has 2 fully saturated rings. The van der Waals surface area contributed by atoms with Crippen molar-refractivity contribution >= 4 is 17.7 Å². The van der Waals surface area contributed by atoms with E-state index in [1.807, 2.05) is 4.90 Å². The van der Waals surface area contributed by atoms with Crippen LogP contribution in [0.4, 0.5) is 0 Å². The minimum Gasteiger partial charge on any atom is -0.341 e. The van der Waals surface area contributed by atoms with Crippen LogP contribution in [-0.4, -0.2) is 65.5 Å². The lowest BCUT2D eigenvalue weighted by Gasteiger charge is -2.39. The maximum absolute atomic E-state index is 12.3. The Morgan fingerprint density at radius 3 is 2.55 bits per heavy atom. The molecule has 2 heterocycles. The maximum Gasteiger partial charge on any atom is 0.239 e. The molecule has 2 aliphatic rings. The molecule has 0 aromatic rings. The van der Waals surface area contributed by atoms with Crippen molar-refractivity contribution in [3.63, 3.8) is 0 Å². The van der Waals surface area contributed by atoms with Gasteiger partial charge in [-0.2, -0.15) is 11.8 Å². The summed E-state index contributed by atoms with van der Waals surface area (Å²) in [7, 11) is 0. The van der Waals surface area contributed by atoms with Gasteiger partial charge in [-0.25, -0.2) is 0 Å². The van der Waals surface area contributed by atoms with Crippen LogP contribution in [-0.2, 0) is 4.79 Å². The molecule has 0 bridgehead atoms. The van der Waals surface area contributed by atoms with Crippen LogP contribution in [0.5, 0.6) is 0 Å². The summed E-state index contributed by atoms with van der Waals surface area (Å²) in [5.74, 6) is 1.13. The van der Waals surface area contributed by atoms with Gasteiger partial charge >= 0.3 is 0 Å². The van der Waals surface area contributed by atoms with Crippen LogP contribution in [0.15, 0.2) is 0 Å². The first kappa shape index (κ1) is 16.1. The van der Waals surface area contributed by atoms with Gasteiger partial charge in [0.05, 0.1) is 6.04 Å². The average Bonchev–Trinajstić information content (AvgIpc) is 2.90. The molecule has 4 nitrogen and oxygen atoms in total. The predicted molar refractivity (Wildman–Crippen MR) is 86.0 cm³/mol. The quantitative estimate of drug-likeness (QED) is 0.837. The number of hydrogen-bond acceptors (Lipinski definition) is 4. The molecule has 116 valence electrons. The van der Waals surface area contributed by atoms with Gasteiger partial charge in [0.1, 0.15) is 0 Å². The lowest BCUT2D eigenvalue weighted by Crippen LogP contribution is -2.51. The van der Waals surface area contributed by atoms with Crippen molar-refractivity contribution < 1.29 is 4.79 Å². The van der Waals surface area contributed by atoms with Crippen molar-refractivity contribution in [1.82, 2.24) is 9.80 Å². The molecule has 2 unspecified atom stereocenters. The number of piperidine rings is 1. The summed E-state index contributed by atoms with van der Waals surface area (Å²) in [5, 5.41) is 0. The topological polar surface area (TPSA) is 49.6 Å². The molecule has 0 radical (unpaired) electrons. The second kappa shape index (κ2) is 7.66. The number of carbonyl (C=O) groups excluding carboxylic acids is 1. The summed E-state index contributed by atoms with van der Waals surface area (Å²) < 4.78 is 0. The molecule has 0 saturated carbocycles. The first-order valence-electron chi connectivity index (χ1n) is 7.92. The maximum atomic E-state index is 12.3. The molecule has 0 aromatic heterocycles. The smallest absolute Gasteiger partial charge is 0.239 e. The van der Waals surface area contributed by atoms with E-state index in [0.717, 1.165) is 44.1 Å². The Morgan fingerprint density at radius 1 is 1.30 bits per heavy atom. The SMILES string of the molecule is CSCCC(N)C(=O)N1CCC(N2CCCC2C)CC1. The van der Waals surface area contributed by atoms with Crippen molar-refractivity contribution in [3.05, 3.63) is 0 Å². The zero-order chi connectivity index (χ0) is 14.5. The number of hydrogen-bond donors (Lipinski definition) is 1. The largest absolute Gasteiger partial charge is 0.341 e. The normalized spacial score (nSPS) is 26.9. The summed E-state index contributed by atoms with van der Waals surface area (Å²) in [6.07, 6.45) is 7.75. The number of nitrogens with two attached hydrogens (primary N) is 1. The Kier molecular flexibility index (Phi) is 6.18. The molecule has 1 amide bonds. The highest BCUT2D eigenvalue weighted by Crippen LogP contribution is 2.25. The van der Waals surface area contributed by atoms with E-state index in [-0.39, 0.29) is 11.9 Å². The first-order chi connectivity index (χ1) is 9.63.